The van der Waals surface area contributed by atoms with Gasteiger partial charge in [0, 0.05) is 17.9 Å². The lowest BCUT2D eigenvalue weighted by Crippen LogP contribution is -2.27. The van der Waals surface area contributed by atoms with Crippen molar-refractivity contribution >= 4 is 32.9 Å². The highest BCUT2D eigenvalue weighted by molar-refractivity contribution is 9.10. The van der Waals surface area contributed by atoms with Crippen LogP contribution in [0.5, 0.6) is 0 Å². The van der Waals surface area contributed by atoms with Crippen molar-refractivity contribution in [2.45, 2.75) is 27.2 Å². The molecule has 0 radical (unpaired) electrons. The van der Waals surface area contributed by atoms with Crippen LogP contribution in [0.1, 0.15) is 25.2 Å². The average Bonchev–Trinajstić information content (AvgIpc) is 2.54. The van der Waals surface area contributed by atoms with Crippen molar-refractivity contribution in [1.29, 1.82) is 0 Å². The van der Waals surface area contributed by atoms with Crippen LogP contribution in [0, 0.1) is 12.3 Å². The second-order valence-electron chi connectivity index (χ2n) is 5.57. The van der Waals surface area contributed by atoms with Gasteiger partial charge in [0.2, 0.25) is 0 Å². The fourth-order valence-electron chi connectivity index (χ4n) is 2.11. The van der Waals surface area contributed by atoms with Gasteiger partial charge in [-0.25, -0.2) is 4.98 Å². The van der Waals surface area contributed by atoms with Crippen LogP contribution in [0.4, 0.5) is 0 Å². The molecule has 0 atom stereocenters. The number of aliphatic carboxylic acids is 1. The van der Waals surface area contributed by atoms with Crippen molar-refractivity contribution in [3.05, 3.63) is 28.0 Å². The topological polar surface area (TPSA) is 55.1 Å². The lowest BCUT2D eigenvalue weighted by atomic mass is 9.89. The lowest BCUT2D eigenvalue weighted by molar-refractivity contribution is -0.146. The van der Waals surface area contributed by atoms with E-state index in [1.54, 1.807) is 13.8 Å². The first kappa shape index (κ1) is 14.1. The number of halogens is 1. The van der Waals surface area contributed by atoms with E-state index in [0.717, 1.165) is 26.9 Å². The van der Waals surface area contributed by atoms with Gasteiger partial charge in [0.25, 0.3) is 0 Å². The van der Waals surface area contributed by atoms with Gasteiger partial charge >= 0.3 is 5.97 Å². The Morgan fingerprint density at radius 1 is 1.47 bits per heavy atom. The molecule has 4 nitrogen and oxygen atoms in total. The van der Waals surface area contributed by atoms with Gasteiger partial charge in [0.15, 0.2) is 0 Å². The number of carboxylic acid groups (broad SMARTS) is 1. The van der Waals surface area contributed by atoms with Crippen LogP contribution in [0.3, 0.4) is 0 Å². The van der Waals surface area contributed by atoms with E-state index in [0.29, 0.717) is 6.42 Å². The summed E-state index contributed by atoms with van der Waals surface area (Å²) in [6, 6.07) is 4.05. The van der Waals surface area contributed by atoms with Crippen molar-refractivity contribution in [1.82, 2.24) is 9.55 Å². The normalized spacial score (nSPS) is 12.1. The zero-order valence-corrected chi connectivity index (χ0v) is 13.1. The van der Waals surface area contributed by atoms with Crippen LogP contribution in [-0.2, 0) is 18.3 Å². The molecule has 102 valence electrons. The molecule has 0 unspecified atom stereocenters. The average molecular weight is 325 g/mol. The summed E-state index contributed by atoms with van der Waals surface area (Å²) < 4.78 is 2.95. The fourth-order valence-corrected chi connectivity index (χ4v) is 2.94. The number of imidazole rings is 1. The highest BCUT2D eigenvalue weighted by Gasteiger charge is 2.29. The standard InChI is InChI=1S/C14H17BrN2O2/c1-8-5-9(15)12-10(6-8)16-11(17(12)4)7-14(2,3)13(18)19/h5-6H,7H2,1-4H3,(H,18,19). The van der Waals surface area contributed by atoms with E-state index in [4.69, 9.17) is 0 Å². The van der Waals surface area contributed by atoms with Gasteiger partial charge < -0.3 is 9.67 Å². The monoisotopic (exact) mass is 324 g/mol. The maximum absolute atomic E-state index is 11.2. The first-order valence-electron chi connectivity index (χ1n) is 6.07. The third-order valence-electron chi connectivity index (χ3n) is 3.34. The van der Waals surface area contributed by atoms with Crippen molar-refractivity contribution in [2.24, 2.45) is 12.5 Å². The summed E-state index contributed by atoms with van der Waals surface area (Å²) in [5.41, 5.74) is 2.20. The zero-order valence-electron chi connectivity index (χ0n) is 11.5. The molecule has 0 aliphatic heterocycles. The molecule has 0 saturated heterocycles. The Balaban J connectivity index is 2.55. The molecule has 2 rings (SSSR count). The molecule has 1 heterocycles. The third kappa shape index (κ3) is 2.52. The number of fused-ring (bicyclic) bond motifs is 1. The number of carbonyl (C=O) groups is 1. The van der Waals surface area contributed by atoms with Crippen LogP contribution in [-0.4, -0.2) is 20.6 Å². The Bertz CT molecular complexity index is 659. The van der Waals surface area contributed by atoms with E-state index >= 15 is 0 Å². The smallest absolute Gasteiger partial charge is 0.309 e. The molecule has 0 bridgehead atoms. The van der Waals surface area contributed by atoms with Crippen LogP contribution < -0.4 is 0 Å². The Morgan fingerprint density at radius 3 is 2.68 bits per heavy atom. The van der Waals surface area contributed by atoms with Gasteiger partial charge in [-0.05, 0) is 54.4 Å². The number of carboxylic acids is 1. The van der Waals surface area contributed by atoms with Gasteiger partial charge in [0.05, 0.1) is 16.4 Å². The SMILES string of the molecule is Cc1cc(Br)c2c(c1)nc(CC(C)(C)C(=O)O)n2C. The Kier molecular flexibility index (Phi) is 3.43. The zero-order chi connectivity index (χ0) is 14.4. The Hall–Kier alpha value is -1.36. The van der Waals surface area contributed by atoms with Gasteiger partial charge in [-0.15, -0.1) is 0 Å². The number of aromatic nitrogens is 2. The lowest BCUT2D eigenvalue weighted by Gasteiger charge is -2.18. The molecule has 0 amide bonds. The van der Waals surface area contributed by atoms with E-state index < -0.39 is 11.4 Å². The largest absolute Gasteiger partial charge is 0.481 e. The molecular formula is C14H17BrN2O2. The molecule has 2 aromatic rings. The van der Waals surface area contributed by atoms with Crippen molar-refractivity contribution in [3.8, 4) is 0 Å². The minimum atomic E-state index is -0.823. The summed E-state index contributed by atoms with van der Waals surface area (Å²) >= 11 is 3.54. The summed E-state index contributed by atoms with van der Waals surface area (Å²) in [5, 5.41) is 9.22. The maximum atomic E-state index is 11.2. The molecule has 0 aliphatic rings. The minimum Gasteiger partial charge on any atom is -0.481 e. The molecule has 1 N–H and O–H groups in total. The van der Waals surface area contributed by atoms with Crippen molar-refractivity contribution in [3.63, 3.8) is 0 Å². The number of rotatable bonds is 3. The molecule has 0 spiro atoms. The summed E-state index contributed by atoms with van der Waals surface area (Å²) in [6.07, 6.45) is 0.402. The second-order valence-corrected chi connectivity index (χ2v) is 6.42. The van der Waals surface area contributed by atoms with E-state index in [1.807, 2.05) is 30.7 Å². The van der Waals surface area contributed by atoms with Gasteiger partial charge in [0.1, 0.15) is 5.82 Å². The minimum absolute atomic E-state index is 0.402. The Labute approximate surface area is 120 Å². The quantitative estimate of drug-likeness (QED) is 0.942. The van der Waals surface area contributed by atoms with Crippen molar-refractivity contribution < 1.29 is 9.90 Å². The molecule has 19 heavy (non-hydrogen) atoms. The molecule has 0 saturated carbocycles. The van der Waals surface area contributed by atoms with Crippen molar-refractivity contribution in [2.75, 3.05) is 0 Å². The Morgan fingerprint density at radius 2 is 2.11 bits per heavy atom. The molecule has 5 heteroatoms. The summed E-state index contributed by atoms with van der Waals surface area (Å²) in [4.78, 5) is 15.8. The van der Waals surface area contributed by atoms with Gasteiger partial charge in [-0.3, -0.25) is 4.79 Å². The first-order chi connectivity index (χ1) is 8.72. The third-order valence-corrected chi connectivity index (χ3v) is 3.94. The predicted molar refractivity (Wildman–Crippen MR) is 78.3 cm³/mol. The number of nitrogens with zero attached hydrogens (tertiary/aromatic N) is 2. The number of benzene rings is 1. The van der Waals surface area contributed by atoms with Crippen LogP contribution in [0.15, 0.2) is 16.6 Å². The number of hydrogen-bond acceptors (Lipinski definition) is 2. The molecule has 0 fully saturated rings. The van der Waals surface area contributed by atoms with E-state index in [9.17, 15) is 9.90 Å². The van der Waals surface area contributed by atoms with Crippen LogP contribution >= 0.6 is 15.9 Å². The first-order valence-corrected chi connectivity index (χ1v) is 6.86. The van der Waals surface area contributed by atoms with Crippen LogP contribution in [0.2, 0.25) is 0 Å². The summed E-state index contributed by atoms with van der Waals surface area (Å²) in [7, 11) is 1.92. The van der Waals surface area contributed by atoms with E-state index in [-0.39, 0.29) is 0 Å². The van der Waals surface area contributed by atoms with Gasteiger partial charge in [-0.1, -0.05) is 0 Å². The van der Waals surface area contributed by atoms with E-state index in [2.05, 4.69) is 20.9 Å². The highest BCUT2D eigenvalue weighted by Crippen LogP contribution is 2.29. The predicted octanol–water partition coefficient (Wildman–Crippen LogP) is 3.30. The van der Waals surface area contributed by atoms with Gasteiger partial charge in [-0.2, -0.15) is 0 Å². The number of aryl methyl sites for hydroxylation is 2. The second kappa shape index (κ2) is 4.63. The molecule has 0 aliphatic carbocycles. The summed E-state index contributed by atoms with van der Waals surface area (Å²) in [5.74, 6) is -0.0245. The molecule has 1 aromatic carbocycles. The molecular weight excluding hydrogens is 308 g/mol. The maximum Gasteiger partial charge on any atom is 0.309 e. The van der Waals surface area contributed by atoms with Crippen LogP contribution in [0.25, 0.3) is 11.0 Å². The summed E-state index contributed by atoms with van der Waals surface area (Å²) in [6.45, 7) is 5.45. The molecule has 1 aromatic heterocycles. The fraction of sp³-hybridized carbons (Fsp3) is 0.429. The van der Waals surface area contributed by atoms with E-state index in [1.165, 1.54) is 0 Å². The highest BCUT2D eigenvalue weighted by atomic mass is 79.9. The number of hydrogen-bond donors (Lipinski definition) is 1.